The summed E-state index contributed by atoms with van der Waals surface area (Å²) in [4.78, 5) is 30.3. The summed E-state index contributed by atoms with van der Waals surface area (Å²) in [6, 6.07) is 37.8. The topological polar surface area (TPSA) is 96.0 Å². The van der Waals surface area contributed by atoms with Crippen LogP contribution in [0.15, 0.2) is 144 Å². The van der Waals surface area contributed by atoms with Gasteiger partial charge in [0.05, 0.1) is 10.6 Å². The summed E-state index contributed by atoms with van der Waals surface area (Å²) in [6.45, 7) is -0.892. The van der Waals surface area contributed by atoms with Gasteiger partial charge in [0.25, 0.3) is 10.0 Å². The Morgan fingerprint density at radius 1 is 0.731 bits per heavy atom. The number of halogens is 1. The highest BCUT2D eigenvalue weighted by Crippen LogP contribution is 2.29. The Balaban J connectivity index is 1.38. The molecule has 1 fully saturated rings. The predicted molar refractivity (Wildman–Crippen MR) is 200 cm³/mol. The number of ether oxygens (including phenoxy) is 1. The van der Waals surface area contributed by atoms with Crippen LogP contribution in [0.2, 0.25) is 0 Å². The van der Waals surface area contributed by atoms with Crippen LogP contribution in [-0.4, -0.2) is 43.8 Å². The van der Waals surface area contributed by atoms with Gasteiger partial charge in [-0.1, -0.05) is 104 Å². The van der Waals surface area contributed by atoms with Crippen molar-refractivity contribution in [2.75, 3.05) is 10.8 Å². The van der Waals surface area contributed by atoms with Gasteiger partial charge in [-0.15, -0.1) is 0 Å². The molecule has 8 nitrogen and oxygen atoms in total. The number of para-hydroxylation sites is 1. The first-order valence-electron chi connectivity index (χ1n) is 17.6. The first-order valence-corrected chi connectivity index (χ1v) is 19.0. The Morgan fingerprint density at radius 3 is 1.96 bits per heavy atom. The number of carbonyl (C=O) groups excluding carboxylic acids is 2. The maximum atomic E-state index is 15.3. The molecule has 6 rings (SSSR count). The molecule has 0 aliphatic heterocycles. The number of amides is 2. The molecule has 52 heavy (non-hydrogen) atoms. The number of rotatable bonds is 14. The summed E-state index contributed by atoms with van der Waals surface area (Å²) in [6.07, 6.45) is 4.90. The fourth-order valence-electron chi connectivity index (χ4n) is 6.46. The maximum absolute atomic E-state index is 15.3. The van der Waals surface area contributed by atoms with Gasteiger partial charge >= 0.3 is 0 Å². The first-order chi connectivity index (χ1) is 25.3. The second-order valence-electron chi connectivity index (χ2n) is 12.9. The van der Waals surface area contributed by atoms with Crippen LogP contribution in [0.3, 0.4) is 0 Å². The summed E-state index contributed by atoms with van der Waals surface area (Å²) >= 11 is 0. The molecule has 1 aliphatic carbocycles. The normalized spacial score (nSPS) is 13.9. The highest BCUT2D eigenvalue weighted by atomic mass is 32.2. The summed E-state index contributed by atoms with van der Waals surface area (Å²) in [7, 11) is -4.29. The Bertz CT molecular complexity index is 2030. The molecule has 10 heteroatoms. The summed E-state index contributed by atoms with van der Waals surface area (Å²) < 4.78 is 50.9. The van der Waals surface area contributed by atoms with Crippen molar-refractivity contribution in [1.82, 2.24) is 10.2 Å². The molecular weight excluding hydrogens is 678 g/mol. The van der Waals surface area contributed by atoms with Gasteiger partial charge in [0.1, 0.15) is 29.9 Å². The molecule has 2 amide bonds. The average molecular weight is 720 g/mol. The largest absolute Gasteiger partial charge is 0.457 e. The van der Waals surface area contributed by atoms with Crippen molar-refractivity contribution in [2.45, 2.75) is 62.0 Å². The third kappa shape index (κ3) is 9.24. The molecule has 1 saturated carbocycles. The zero-order valence-electron chi connectivity index (χ0n) is 28.8. The van der Waals surface area contributed by atoms with Crippen LogP contribution >= 0.6 is 0 Å². The van der Waals surface area contributed by atoms with Gasteiger partial charge in [-0.2, -0.15) is 0 Å². The molecule has 268 valence electrons. The van der Waals surface area contributed by atoms with Crippen LogP contribution in [0.4, 0.5) is 10.1 Å². The van der Waals surface area contributed by atoms with E-state index in [0.29, 0.717) is 11.5 Å². The van der Waals surface area contributed by atoms with Crippen molar-refractivity contribution >= 4 is 27.5 Å². The van der Waals surface area contributed by atoms with E-state index in [1.807, 2.05) is 48.5 Å². The minimum absolute atomic E-state index is 0.0102. The number of hydrogen-bond donors (Lipinski definition) is 1. The molecule has 1 N–H and O–H groups in total. The average Bonchev–Trinajstić information content (AvgIpc) is 3.17. The van der Waals surface area contributed by atoms with Crippen LogP contribution in [-0.2, 0) is 32.6 Å². The van der Waals surface area contributed by atoms with E-state index < -0.39 is 34.3 Å². The van der Waals surface area contributed by atoms with E-state index >= 15 is 4.39 Å². The number of hydrogen-bond acceptors (Lipinski definition) is 5. The van der Waals surface area contributed by atoms with E-state index in [-0.39, 0.29) is 41.1 Å². The van der Waals surface area contributed by atoms with Crippen molar-refractivity contribution in [2.24, 2.45) is 0 Å². The van der Waals surface area contributed by atoms with Crippen LogP contribution in [0.25, 0.3) is 0 Å². The van der Waals surface area contributed by atoms with Crippen LogP contribution in [0, 0.1) is 5.82 Å². The lowest BCUT2D eigenvalue weighted by Crippen LogP contribution is -2.55. The summed E-state index contributed by atoms with van der Waals surface area (Å²) in [5, 5.41) is 3.17. The minimum atomic E-state index is -4.29. The number of nitrogens with one attached hydrogen (secondary N) is 1. The van der Waals surface area contributed by atoms with E-state index in [1.165, 1.54) is 23.1 Å². The van der Waals surface area contributed by atoms with Crippen molar-refractivity contribution in [1.29, 1.82) is 0 Å². The molecule has 0 radical (unpaired) electrons. The molecule has 5 aromatic rings. The lowest BCUT2D eigenvalue weighted by Gasteiger charge is -2.35. The lowest BCUT2D eigenvalue weighted by atomic mass is 9.94. The number of nitrogens with zero attached hydrogens (tertiary/aromatic N) is 2. The second kappa shape index (κ2) is 17.2. The summed E-state index contributed by atoms with van der Waals surface area (Å²) in [5.41, 5.74) is 1.23. The SMILES string of the molecule is O=C(NC1CCCCC1)C(Cc1ccccc1)N(Cc1ccccc1F)C(=O)CN(c1ccc(Oc2ccccc2)cc1)S(=O)(=O)c1ccccc1. The van der Waals surface area contributed by atoms with Gasteiger partial charge in [0.15, 0.2) is 0 Å². The fraction of sp³-hybridized carbons (Fsp3) is 0.238. The number of anilines is 1. The molecule has 0 saturated heterocycles. The lowest BCUT2D eigenvalue weighted by molar-refractivity contribution is -0.140. The van der Waals surface area contributed by atoms with E-state index in [9.17, 15) is 18.0 Å². The quantitative estimate of drug-likeness (QED) is 0.126. The smallest absolute Gasteiger partial charge is 0.264 e. The van der Waals surface area contributed by atoms with Gasteiger partial charge in [-0.3, -0.25) is 13.9 Å². The molecule has 0 bridgehead atoms. The van der Waals surface area contributed by atoms with Crippen LogP contribution < -0.4 is 14.4 Å². The van der Waals surface area contributed by atoms with Crippen molar-refractivity contribution in [3.05, 3.63) is 156 Å². The number of benzene rings is 5. The van der Waals surface area contributed by atoms with E-state index in [4.69, 9.17) is 4.74 Å². The van der Waals surface area contributed by atoms with Gasteiger partial charge < -0.3 is 15.0 Å². The monoisotopic (exact) mass is 719 g/mol. The second-order valence-corrected chi connectivity index (χ2v) is 14.8. The molecule has 0 spiro atoms. The Hall–Kier alpha value is -5.48. The molecular formula is C42H42FN3O5S. The van der Waals surface area contributed by atoms with E-state index in [2.05, 4.69) is 5.32 Å². The standard InChI is InChI=1S/C42H42FN3O5S/c43-39-24-14-13-17-33(39)30-45(40(29-32-15-5-1-6-16-32)42(48)44-34-18-7-2-8-19-34)41(47)31-46(52(49,50)38-22-11-4-12-23-38)35-25-27-37(28-26-35)51-36-20-9-3-10-21-36/h1,3-6,9-17,20-28,34,40H,2,7-8,18-19,29-31H2,(H,44,48). The van der Waals surface area contributed by atoms with Crippen molar-refractivity contribution < 1.29 is 27.1 Å². The first kappa shape index (κ1) is 36.3. The Kier molecular flexibility index (Phi) is 12.0. The molecule has 0 aromatic heterocycles. The molecule has 1 aliphatic rings. The van der Waals surface area contributed by atoms with Crippen LogP contribution in [0.5, 0.6) is 11.5 Å². The number of carbonyl (C=O) groups is 2. The maximum Gasteiger partial charge on any atom is 0.264 e. The molecule has 0 heterocycles. The van der Waals surface area contributed by atoms with Crippen LogP contribution in [0.1, 0.15) is 43.2 Å². The Labute approximate surface area is 304 Å². The third-order valence-corrected chi connectivity index (χ3v) is 11.0. The van der Waals surface area contributed by atoms with Crippen molar-refractivity contribution in [3.8, 4) is 11.5 Å². The minimum Gasteiger partial charge on any atom is -0.457 e. The highest BCUT2D eigenvalue weighted by Gasteiger charge is 2.35. The van der Waals surface area contributed by atoms with Crippen molar-refractivity contribution in [3.63, 3.8) is 0 Å². The fourth-order valence-corrected chi connectivity index (χ4v) is 7.90. The molecule has 1 atom stereocenters. The van der Waals surface area contributed by atoms with E-state index in [1.54, 1.807) is 72.8 Å². The zero-order valence-corrected chi connectivity index (χ0v) is 29.6. The highest BCUT2D eigenvalue weighted by molar-refractivity contribution is 7.92. The number of sulfonamides is 1. The Morgan fingerprint density at radius 2 is 1.31 bits per heavy atom. The molecule has 5 aromatic carbocycles. The predicted octanol–water partition coefficient (Wildman–Crippen LogP) is 7.90. The summed E-state index contributed by atoms with van der Waals surface area (Å²) in [5.74, 6) is -0.470. The van der Waals surface area contributed by atoms with Gasteiger partial charge in [0.2, 0.25) is 11.8 Å². The zero-order chi connectivity index (χ0) is 36.3. The molecule has 1 unspecified atom stereocenters. The van der Waals surface area contributed by atoms with Gasteiger partial charge in [0, 0.05) is 24.6 Å². The van der Waals surface area contributed by atoms with E-state index in [0.717, 1.165) is 42.0 Å². The third-order valence-electron chi connectivity index (χ3n) is 9.23. The van der Waals surface area contributed by atoms with Gasteiger partial charge in [-0.05, 0) is 73.0 Å². The van der Waals surface area contributed by atoms with Gasteiger partial charge in [-0.25, -0.2) is 12.8 Å².